The Kier molecular flexibility index (Phi) is 5.60. The Morgan fingerprint density at radius 3 is 2.93 bits per heavy atom. The van der Waals surface area contributed by atoms with Gasteiger partial charge in [0.05, 0.1) is 12.3 Å². The molecule has 7 heteroatoms. The number of rotatable bonds is 6. The van der Waals surface area contributed by atoms with Gasteiger partial charge in [-0.1, -0.05) is 32.0 Å². The van der Waals surface area contributed by atoms with Crippen molar-refractivity contribution in [3.63, 3.8) is 0 Å². The first-order chi connectivity index (χ1) is 14.5. The number of para-hydroxylation sites is 1. The lowest BCUT2D eigenvalue weighted by atomic mass is 9.73. The van der Waals surface area contributed by atoms with Gasteiger partial charge >= 0.3 is 0 Å². The van der Waals surface area contributed by atoms with Crippen LogP contribution in [0.5, 0.6) is 0 Å². The van der Waals surface area contributed by atoms with E-state index in [2.05, 4.69) is 69.5 Å². The quantitative estimate of drug-likeness (QED) is 0.572. The van der Waals surface area contributed by atoms with Gasteiger partial charge in [0.2, 0.25) is 5.95 Å². The first-order valence-electron chi connectivity index (χ1n) is 10.5. The molecule has 3 N–H and O–H groups in total. The second-order valence-electron chi connectivity index (χ2n) is 8.69. The van der Waals surface area contributed by atoms with Crippen molar-refractivity contribution in [3.05, 3.63) is 48.3 Å². The first kappa shape index (κ1) is 20.2. The summed E-state index contributed by atoms with van der Waals surface area (Å²) in [5.41, 5.74) is 1.47. The minimum atomic E-state index is -0.293. The number of nitrogens with one attached hydrogen (secondary N) is 2. The van der Waals surface area contributed by atoms with Crippen LogP contribution in [0.15, 0.2) is 42.7 Å². The average molecular weight is 407 g/mol. The molecule has 0 unspecified atom stereocenters. The van der Waals surface area contributed by atoms with E-state index >= 15 is 0 Å². The van der Waals surface area contributed by atoms with E-state index in [1.54, 1.807) is 6.20 Å². The Bertz CT molecular complexity index is 1070. The number of hydrogen-bond acceptors (Lipinski definition) is 6. The second-order valence-corrected chi connectivity index (χ2v) is 8.69. The molecule has 2 aromatic heterocycles. The van der Waals surface area contributed by atoms with Gasteiger partial charge in [0.25, 0.3) is 0 Å². The molecule has 0 spiro atoms. The molecular formula is C23H30N6O. The molecule has 4 rings (SSSR count). The highest BCUT2D eigenvalue weighted by Crippen LogP contribution is 2.36. The van der Waals surface area contributed by atoms with Crippen LogP contribution in [-0.4, -0.2) is 38.3 Å². The summed E-state index contributed by atoms with van der Waals surface area (Å²) >= 11 is 0. The smallest absolute Gasteiger partial charge is 0.224 e. The lowest BCUT2D eigenvalue weighted by molar-refractivity contribution is 0.00926. The van der Waals surface area contributed by atoms with Gasteiger partial charge in [0, 0.05) is 32.3 Å². The van der Waals surface area contributed by atoms with Crippen molar-refractivity contribution in [1.82, 2.24) is 14.5 Å². The molecule has 158 valence electrons. The third-order valence-electron chi connectivity index (χ3n) is 6.03. The highest BCUT2D eigenvalue weighted by molar-refractivity contribution is 5.79. The zero-order chi connectivity index (χ0) is 21.1. The van der Waals surface area contributed by atoms with E-state index in [-0.39, 0.29) is 19.0 Å². The molecule has 0 amide bonds. The number of aliphatic hydroxyl groups excluding tert-OH is 1. The Morgan fingerprint density at radius 2 is 2.13 bits per heavy atom. The molecule has 1 fully saturated rings. The number of fused-ring (bicyclic) bond motifs is 1. The zero-order valence-electron chi connectivity index (χ0n) is 17.5. The second kappa shape index (κ2) is 8.33. The molecule has 0 radical (unpaired) electrons. The summed E-state index contributed by atoms with van der Waals surface area (Å²) < 4.78 is 2.20. The molecule has 1 aliphatic rings. The van der Waals surface area contributed by atoms with Gasteiger partial charge < -0.3 is 20.3 Å². The summed E-state index contributed by atoms with van der Waals surface area (Å²) in [7, 11) is 0. The number of aliphatic hydroxyl groups is 1. The Labute approximate surface area is 178 Å². The van der Waals surface area contributed by atoms with Crippen LogP contribution in [0.1, 0.15) is 40.1 Å². The van der Waals surface area contributed by atoms with Crippen molar-refractivity contribution in [3.8, 4) is 6.07 Å². The standard InChI is InChI=1S/C23H28N6O.H2/c1-23(2)13-18(7-8-20(23)30)27-21-17(14-24)15-26-22(28-21)25-10-12-29-11-9-16-5-3-4-6-19(16)29;/h3-6,9,11,15,18,20,30H,7-8,10,12-13H2,1-2H3,(H2,25,26,27,28);1H/t18-,20+;/m1./s1. The van der Waals surface area contributed by atoms with Crippen LogP contribution in [0.25, 0.3) is 10.9 Å². The maximum absolute atomic E-state index is 10.2. The molecule has 0 bridgehead atoms. The lowest BCUT2D eigenvalue weighted by Crippen LogP contribution is -2.41. The van der Waals surface area contributed by atoms with Crippen molar-refractivity contribution < 1.29 is 6.53 Å². The van der Waals surface area contributed by atoms with Gasteiger partial charge in [0.15, 0.2) is 0 Å². The summed E-state index contributed by atoms with van der Waals surface area (Å²) in [4.78, 5) is 8.85. The Balaban J connectivity index is 0.00000272. The molecule has 2 heterocycles. The number of anilines is 2. The third kappa shape index (κ3) is 4.24. The molecule has 0 aliphatic heterocycles. The van der Waals surface area contributed by atoms with Crippen LogP contribution in [-0.2, 0) is 6.54 Å². The number of nitriles is 1. The van der Waals surface area contributed by atoms with Crippen LogP contribution in [0.2, 0.25) is 0 Å². The van der Waals surface area contributed by atoms with Gasteiger partial charge in [-0.2, -0.15) is 10.2 Å². The first-order valence-corrected chi connectivity index (χ1v) is 10.5. The fourth-order valence-electron chi connectivity index (χ4n) is 4.22. The molecule has 2 atom stereocenters. The average Bonchev–Trinajstić information content (AvgIpc) is 3.14. The van der Waals surface area contributed by atoms with Crippen molar-refractivity contribution >= 4 is 22.7 Å². The number of hydrogen-bond donors (Lipinski definition) is 3. The van der Waals surface area contributed by atoms with E-state index < -0.39 is 0 Å². The molecule has 3 aromatic rings. The summed E-state index contributed by atoms with van der Waals surface area (Å²) in [6.07, 6.45) is 5.77. The van der Waals surface area contributed by atoms with Gasteiger partial charge in [-0.25, -0.2) is 4.98 Å². The minimum absolute atomic E-state index is 0. The van der Waals surface area contributed by atoms with Crippen molar-refractivity contribution in [1.29, 1.82) is 5.26 Å². The number of aromatic nitrogens is 3. The van der Waals surface area contributed by atoms with Crippen molar-refractivity contribution in [2.45, 2.75) is 51.8 Å². The zero-order valence-corrected chi connectivity index (χ0v) is 17.5. The molecule has 1 aromatic carbocycles. The van der Waals surface area contributed by atoms with E-state index in [0.29, 0.717) is 23.9 Å². The Morgan fingerprint density at radius 1 is 1.30 bits per heavy atom. The summed E-state index contributed by atoms with van der Waals surface area (Å²) in [6.45, 7) is 5.62. The van der Waals surface area contributed by atoms with Gasteiger partial charge in [0.1, 0.15) is 17.5 Å². The molecular weight excluding hydrogens is 376 g/mol. The van der Waals surface area contributed by atoms with Crippen LogP contribution in [0.4, 0.5) is 11.8 Å². The highest BCUT2D eigenvalue weighted by atomic mass is 16.3. The van der Waals surface area contributed by atoms with E-state index in [0.717, 1.165) is 25.8 Å². The van der Waals surface area contributed by atoms with Crippen molar-refractivity contribution in [2.24, 2.45) is 5.41 Å². The number of benzene rings is 1. The van der Waals surface area contributed by atoms with E-state index in [1.165, 1.54) is 10.9 Å². The molecule has 30 heavy (non-hydrogen) atoms. The van der Waals surface area contributed by atoms with Gasteiger partial charge in [-0.05, 0) is 42.2 Å². The molecule has 0 saturated heterocycles. The van der Waals surface area contributed by atoms with Gasteiger partial charge in [-0.3, -0.25) is 0 Å². The highest BCUT2D eigenvalue weighted by Gasteiger charge is 2.35. The van der Waals surface area contributed by atoms with E-state index in [9.17, 15) is 10.4 Å². The molecule has 1 saturated carbocycles. The SMILES string of the molecule is CC1(C)C[C@H](Nc2nc(NCCn3ccc4ccccc43)ncc2C#N)CC[C@@H]1O.[HH]. The molecule has 7 nitrogen and oxygen atoms in total. The largest absolute Gasteiger partial charge is 0.393 e. The molecule has 1 aliphatic carbocycles. The third-order valence-corrected chi connectivity index (χ3v) is 6.03. The topological polar surface area (TPSA) is 98.8 Å². The number of nitrogens with zero attached hydrogens (tertiary/aromatic N) is 4. The minimum Gasteiger partial charge on any atom is -0.393 e. The fourth-order valence-corrected chi connectivity index (χ4v) is 4.22. The summed E-state index contributed by atoms with van der Waals surface area (Å²) in [6, 6.07) is 12.7. The maximum atomic E-state index is 10.2. The van der Waals surface area contributed by atoms with Crippen LogP contribution in [0, 0.1) is 16.7 Å². The maximum Gasteiger partial charge on any atom is 0.224 e. The normalized spacial score (nSPS) is 20.6. The lowest BCUT2D eigenvalue weighted by Gasteiger charge is -2.40. The Hall–Kier alpha value is -3.11. The van der Waals surface area contributed by atoms with Gasteiger partial charge in [-0.15, -0.1) is 0 Å². The van der Waals surface area contributed by atoms with E-state index in [1.807, 2.05) is 12.1 Å². The fraction of sp³-hybridized carbons (Fsp3) is 0.435. The summed E-state index contributed by atoms with van der Waals surface area (Å²) in [5, 5.41) is 27.5. The van der Waals surface area contributed by atoms with Crippen LogP contribution in [0.3, 0.4) is 0 Å². The predicted molar refractivity (Wildman–Crippen MR) is 120 cm³/mol. The van der Waals surface area contributed by atoms with Crippen molar-refractivity contribution in [2.75, 3.05) is 17.2 Å². The predicted octanol–water partition coefficient (Wildman–Crippen LogP) is 4.01. The van der Waals surface area contributed by atoms with Crippen LogP contribution >= 0.6 is 0 Å². The van der Waals surface area contributed by atoms with Crippen LogP contribution < -0.4 is 10.6 Å². The van der Waals surface area contributed by atoms with E-state index in [4.69, 9.17) is 0 Å². The monoisotopic (exact) mass is 406 g/mol. The summed E-state index contributed by atoms with van der Waals surface area (Å²) in [5.74, 6) is 1.06.